The van der Waals surface area contributed by atoms with Crippen LogP contribution >= 0.6 is 0 Å². The minimum atomic E-state index is -0.221. The van der Waals surface area contributed by atoms with Crippen molar-refractivity contribution in [3.05, 3.63) is 29.8 Å². The van der Waals surface area contributed by atoms with E-state index in [1.807, 2.05) is 18.2 Å². The van der Waals surface area contributed by atoms with Crippen molar-refractivity contribution in [1.82, 2.24) is 20.4 Å². The summed E-state index contributed by atoms with van der Waals surface area (Å²) in [5.41, 5.74) is 0.881. The van der Waals surface area contributed by atoms with Crippen LogP contribution in [0.5, 0.6) is 5.75 Å². The molecule has 1 atom stereocenters. The van der Waals surface area contributed by atoms with Gasteiger partial charge in [-0.1, -0.05) is 25.1 Å². The molecule has 1 saturated heterocycles. The summed E-state index contributed by atoms with van der Waals surface area (Å²) in [6.07, 6.45) is 0. The molecule has 0 aliphatic carbocycles. The zero-order valence-electron chi connectivity index (χ0n) is 19.3. The van der Waals surface area contributed by atoms with Gasteiger partial charge in [0.15, 0.2) is 5.96 Å². The lowest BCUT2D eigenvalue weighted by atomic mass is 10.1. The molecule has 1 fully saturated rings. The second kappa shape index (κ2) is 11.4. The third-order valence-corrected chi connectivity index (χ3v) is 4.92. The van der Waals surface area contributed by atoms with E-state index in [4.69, 9.17) is 9.73 Å². The van der Waals surface area contributed by atoms with Gasteiger partial charge in [-0.25, -0.2) is 4.99 Å². The van der Waals surface area contributed by atoms with Crippen LogP contribution in [0.2, 0.25) is 0 Å². The fourth-order valence-electron chi connectivity index (χ4n) is 3.38. The highest BCUT2D eigenvalue weighted by Crippen LogP contribution is 2.23. The van der Waals surface area contributed by atoms with Crippen LogP contribution in [-0.2, 0) is 6.54 Å². The van der Waals surface area contributed by atoms with Gasteiger partial charge in [0.2, 0.25) is 0 Å². The number of para-hydroxylation sites is 1. The van der Waals surface area contributed by atoms with Crippen LogP contribution in [-0.4, -0.2) is 74.2 Å². The first kappa shape index (κ1) is 23.5. The first-order chi connectivity index (χ1) is 13.8. The average molecular weight is 404 g/mol. The van der Waals surface area contributed by atoms with Crippen molar-refractivity contribution in [1.29, 1.82) is 0 Å². The van der Waals surface area contributed by atoms with E-state index in [0.717, 1.165) is 36.9 Å². The third-order valence-electron chi connectivity index (χ3n) is 4.92. The van der Waals surface area contributed by atoms with E-state index >= 15 is 0 Å². The number of likely N-dealkylation sites (N-methyl/N-ethyl adjacent to an activating group) is 1. The van der Waals surface area contributed by atoms with Gasteiger partial charge in [-0.2, -0.15) is 0 Å². The molecule has 0 spiro atoms. The quantitative estimate of drug-likeness (QED) is 0.516. The molecule has 0 saturated carbocycles. The normalized spacial score (nSPS) is 17.8. The van der Waals surface area contributed by atoms with Crippen molar-refractivity contribution < 1.29 is 4.74 Å². The van der Waals surface area contributed by atoms with Gasteiger partial charge in [0.1, 0.15) is 11.4 Å². The number of benzene rings is 1. The maximum Gasteiger partial charge on any atom is 0.191 e. The van der Waals surface area contributed by atoms with E-state index in [1.54, 1.807) is 0 Å². The maximum atomic E-state index is 6.10. The Hall–Kier alpha value is -1.79. The van der Waals surface area contributed by atoms with E-state index in [2.05, 4.69) is 68.2 Å². The van der Waals surface area contributed by atoms with E-state index in [1.165, 1.54) is 26.2 Å². The highest BCUT2D eigenvalue weighted by molar-refractivity contribution is 5.79. The fourth-order valence-corrected chi connectivity index (χ4v) is 3.38. The number of nitrogens with zero attached hydrogens (tertiary/aromatic N) is 3. The molecule has 29 heavy (non-hydrogen) atoms. The summed E-state index contributed by atoms with van der Waals surface area (Å²) in [5.74, 6) is 2.34. The van der Waals surface area contributed by atoms with Crippen molar-refractivity contribution in [3.63, 3.8) is 0 Å². The molecule has 164 valence electrons. The molecular weight excluding hydrogens is 362 g/mol. The molecule has 1 heterocycles. The first-order valence-corrected chi connectivity index (χ1v) is 11.0. The number of hydrogen-bond acceptors (Lipinski definition) is 4. The highest BCUT2D eigenvalue weighted by Gasteiger charge is 2.17. The lowest BCUT2D eigenvalue weighted by Gasteiger charge is -2.34. The molecule has 0 amide bonds. The molecule has 6 nitrogen and oxygen atoms in total. The van der Waals surface area contributed by atoms with Gasteiger partial charge in [0, 0.05) is 51.4 Å². The maximum absolute atomic E-state index is 6.10. The number of rotatable bonds is 8. The van der Waals surface area contributed by atoms with E-state index in [9.17, 15) is 0 Å². The van der Waals surface area contributed by atoms with Crippen molar-refractivity contribution in [2.45, 2.75) is 46.8 Å². The summed E-state index contributed by atoms with van der Waals surface area (Å²) in [7, 11) is 2.20. The largest absolute Gasteiger partial charge is 0.488 e. The lowest BCUT2D eigenvalue weighted by Crippen LogP contribution is -2.47. The van der Waals surface area contributed by atoms with Crippen LogP contribution in [0.15, 0.2) is 29.3 Å². The van der Waals surface area contributed by atoms with Crippen molar-refractivity contribution in [2.75, 3.05) is 52.9 Å². The van der Waals surface area contributed by atoms with Crippen molar-refractivity contribution in [2.24, 2.45) is 10.9 Å². The van der Waals surface area contributed by atoms with E-state index in [0.29, 0.717) is 12.5 Å². The molecule has 2 N–H and O–H groups in total. The molecule has 1 aromatic rings. The Morgan fingerprint density at radius 1 is 1.14 bits per heavy atom. The van der Waals surface area contributed by atoms with Crippen LogP contribution in [0, 0.1) is 5.92 Å². The lowest BCUT2D eigenvalue weighted by molar-refractivity contribution is 0.129. The van der Waals surface area contributed by atoms with E-state index < -0.39 is 0 Å². The summed E-state index contributed by atoms with van der Waals surface area (Å²) in [5, 5.41) is 6.88. The summed E-state index contributed by atoms with van der Waals surface area (Å²) < 4.78 is 6.10. The number of guanidine groups is 1. The SMILES string of the molecule is CCNC(=NCc1ccccc1OC(C)(C)C)NCC(C)CN1CCN(C)CC1. The number of piperazine rings is 1. The Labute approximate surface area is 177 Å². The second-order valence-corrected chi connectivity index (χ2v) is 9.11. The molecule has 1 aliphatic rings. The van der Waals surface area contributed by atoms with Crippen LogP contribution in [0.25, 0.3) is 0 Å². The molecule has 0 bridgehead atoms. The predicted octanol–water partition coefficient (Wildman–Crippen LogP) is 2.80. The number of nitrogens with one attached hydrogen (secondary N) is 2. The standard InChI is InChI=1S/C23H41N5O/c1-7-24-22(25-16-19(2)18-28-14-12-27(6)13-15-28)26-17-20-10-8-9-11-21(20)29-23(3,4)5/h8-11,19H,7,12-18H2,1-6H3,(H2,24,25,26). The topological polar surface area (TPSA) is 52.1 Å². The Morgan fingerprint density at radius 3 is 2.48 bits per heavy atom. The third kappa shape index (κ3) is 9.05. The second-order valence-electron chi connectivity index (χ2n) is 9.11. The Bertz CT molecular complexity index is 632. The molecule has 1 aromatic carbocycles. The van der Waals surface area contributed by atoms with Gasteiger partial charge in [0.05, 0.1) is 6.54 Å². The zero-order chi connectivity index (χ0) is 21.3. The van der Waals surface area contributed by atoms with Gasteiger partial charge in [0.25, 0.3) is 0 Å². The number of ether oxygens (including phenoxy) is 1. The van der Waals surface area contributed by atoms with Gasteiger partial charge in [-0.05, 0) is 46.7 Å². The van der Waals surface area contributed by atoms with Crippen LogP contribution in [0.4, 0.5) is 0 Å². The minimum absolute atomic E-state index is 0.221. The molecular formula is C23H41N5O. The molecule has 0 aromatic heterocycles. The summed E-state index contributed by atoms with van der Waals surface area (Å²) in [4.78, 5) is 9.76. The molecule has 0 radical (unpaired) electrons. The monoisotopic (exact) mass is 403 g/mol. The number of aliphatic imine (C=N–C) groups is 1. The molecule has 2 rings (SSSR count). The van der Waals surface area contributed by atoms with E-state index in [-0.39, 0.29) is 5.60 Å². The smallest absolute Gasteiger partial charge is 0.191 e. The number of hydrogen-bond donors (Lipinski definition) is 2. The van der Waals surface area contributed by atoms with Crippen LogP contribution in [0.3, 0.4) is 0 Å². The summed E-state index contributed by atoms with van der Waals surface area (Å²) in [6, 6.07) is 8.16. The Balaban J connectivity index is 1.89. The Kier molecular flexibility index (Phi) is 9.24. The Morgan fingerprint density at radius 2 is 1.83 bits per heavy atom. The summed E-state index contributed by atoms with van der Waals surface area (Å²) >= 11 is 0. The van der Waals surface area contributed by atoms with Gasteiger partial charge < -0.3 is 25.2 Å². The van der Waals surface area contributed by atoms with Crippen molar-refractivity contribution in [3.8, 4) is 5.75 Å². The molecule has 1 unspecified atom stereocenters. The summed E-state index contributed by atoms with van der Waals surface area (Å²) in [6.45, 7) is 18.8. The first-order valence-electron chi connectivity index (χ1n) is 11.0. The predicted molar refractivity (Wildman–Crippen MR) is 123 cm³/mol. The highest BCUT2D eigenvalue weighted by atomic mass is 16.5. The van der Waals surface area contributed by atoms with Crippen molar-refractivity contribution >= 4 is 5.96 Å². The minimum Gasteiger partial charge on any atom is -0.488 e. The molecule has 1 aliphatic heterocycles. The average Bonchev–Trinajstić information content (AvgIpc) is 2.66. The van der Waals surface area contributed by atoms with Gasteiger partial charge in [-0.3, -0.25) is 0 Å². The van der Waals surface area contributed by atoms with Gasteiger partial charge in [-0.15, -0.1) is 0 Å². The zero-order valence-corrected chi connectivity index (χ0v) is 19.3. The molecule has 6 heteroatoms. The fraction of sp³-hybridized carbons (Fsp3) is 0.696. The van der Waals surface area contributed by atoms with Crippen LogP contribution in [0.1, 0.15) is 40.2 Å². The van der Waals surface area contributed by atoms with Gasteiger partial charge >= 0.3 is 0 Å². The van der Waals surface area contributed by atoms with Crippen LogP contribution < -0.4 is 15.4 Å².